The van der Waals surface area contributed by atoms with Gasteiger partial charge >= 0.3 is 0 Å². The number of rotatable bonds is 5. The largest absolute Gasteiger partial charge is 0.378 e. The number of nitrogens with one attached hydrogen (secondary N) is 1. The molecule has 1 N–H and O–H groups in total. The highest BCUT2D eigenvalue weighted by molar-refractivity contribution is 5.96. The molecule has 1 aliphatic rings. The molecule has 1 aliphatic carbocycles. The van der Waals surface area contributed by atoms with Crippen molar-refractivity contribution in [1.82, 2.24) is 14.9 Å². The van der Waals surface area contributed by atoms with Crippen molar-refractivity contribution >= 4 is 5.91 Å². The number of aryl methyl sites for hydroxylation is 1. The number of carbonyl (C=O) groups excluding carboxylic acids is 1. The van der Waals surface area contributed by atoms with Crippen molar-refractivity contribution in [2.24, 2.45) is 5.41 Å². The van der Waals surface area contributed by atoms with Gasteiger partial charge in [-0.05, 0) is 45.4 Å². The molecule has 0 saturated heterocycles. The van der Waals surface area contributed by atoms with Crippen molar-refractivity contribution in [2.45, 2.75) is 59.2 Å². The average molecular weight is 355 g/mol. The molecular formula is C21H29N3O2. The molecule has 0 aliphatic heterocycles. The third kappa shape index (κ3) is 2.94. The first-order valence-corrected chi connectivity index (χ1v) is 9.12. The monoisotopic (exact) mass is 355 g/mol. The number of nitrogens with zero attached hydrogens (tertiary/aromatic N) is 2. The molecular weight excluding hydrogens is 326 g/mol. The Morgan fingerprint density at radius 3 is 2.65 bits per heavy atom. The molecule has 1 fully saturated rings. The van der Waals surface area contributed by atoms with Crippen LogP contribution >= 0.6 is 0 Å². The highest BCUT2D eigenvalue weighted by Gasteiger charge is 2.58. The number of amides is 1. The summed E-state index contributed by atoms with van der Waals surface area (Å²) in [6, 6.07) is 7.97. The molecule has 140 valence electrons. The van der Waals surface area contributed by atoms with Gasteiger partial charge in [-0.3, -0.25) is 9.78 Å². The number of hydrogen-bond acceptors (Lipinski definition) is 3. The summed E-state index contributed by atoms with van der Waals surface area (Å²) in [5.41, 5.74) is 3.46. The Morgan fingerprint density at radius 2 is 2.08 bits per heavy atom. The Bertz CT molecular complexity index is 810. The van der Waals surface area contributed by atoms with Crippen molar-refractivity contribution in [3.05, 3.63) is 53.1 Å². The fraction of sp³-hybridized carbons (Fsp3) is 0.524. The van der Waals surface area contributed by atoms with E-state index in [0.29, 0.717) is 6.54 Å². The number of methoxy groups -OCH3 is 1. The molecule has 2 heterocycles. The normalized spacial score (nSPS) is 24.2. The van der Waals surface area contributed by atoms with Crippen LogP contribution in [0.3, 0.4) is 0 Å². The Morgan fingerprint density at radius 1 is 1.35 bits per heavy atom. The smallest absolute Gasteiger partial charge is 0.253 e. The Balaban J connectivity index is 1.76. The molecule has 0 radical (unpaired) electrons. The first-order valence-electron chi connectivity index (χ1n) is 9.12. The average Bonchev–Trinajstić information content (AvgIpc) is 2.90. The zero-order valence-corrected chi connectivity index (χ0v) is 16.6. The maximum atomic E-state index is 12.9. The van der Waals surface area contributed by atoms with Crippen LogP contribution in [0.5, 0.6) is 0 Å². The van der Waals surface area contributed by atoms with E-state index in [1.54, 1.807) is 13.3 Å². The lowest BCUT2D eigenvalue weighted by molar-refractivity contribution is -0.177. The van der Waals surface area contributed by atoms with E-state index in [1.165, 1.54) is 0 Å². The lowest BCUT2D eigenvalue weighted by Gasteiger charge is -2.59. The fourth-order valence-corrected chi connectivity index (χ4v) is 3.89. The topological polar surface area (TPSA) is 56.1 Å². The van der Waals surface area contributed by atoms with E-state index in [1.807, 2.05) is 38.1 Å². The van der Waals surface area contributed by atoms with Gasteiger partial charge in [-0.25, -0.2) is 0 Å². The third-order valence-corrected chi connectivity index (χ3v) is 6.45. The van der Waals surface area contributed by atoms with E-state index < -0.39 is 0 Å². The standard InChI is InChI=1S/C21H29N3O2/c1-14-11-17(15(2)24(14)13-16-9-7-8-10-22-16)19(25)23-18-12-21(5,26-6)20(18,3)4/h7-11,18H,12-13H2,1-6H3,(H,23,25)/t18-,21+/m1/s1. The van der Waals surface area contributed by atoms with Crippen molar-refractivity contribution in [1.29, 1.82) is 0 Å². The second-order valence-electron chi connectivity index (χ2n) is 8.08. The second kappa shape index (κ2) is 6.54. The molecule has 0 aromatic carbocycles. The van der Waals surface area contributed by atoms with Crippen LogP contribution in [-0.2, 0) is 11.3 Å². The molecule has 0 bridgehead atoms. The van der Waals surface area contributed by atoms with Crippen LogP contribution in [0.2, 0.25) is 0 Å². The summed E-state index contributed by atoms with van der Waals surface area (Å²) in [7, 11) is 1.74. The van der Waals surface area contributed by atoms with Gasteiger partial charge in [-0.2, -0.15) is 0 Å². The van der Waals surface area contributed by atoms with Gasteiger partial charge in [0.1, 0.15) is 0 Å². The predicted octanol–water partition coefficient (Wildman–Crippen LogP) is 3.48. The molecule has 0 spiro atoms. The van der Waals surface area contributed by atoms with Gasteiger partial charge < -0.3 is 14.6 Å². The summed E-state index contributed by atoms with van der Waals surface area (Å²) in [6.07, 6.45) is 2.62. The van der Waals surface area contributed by atoms with Gasteiger partial charge in [0, 0.05) is 36.2 Å². The van der Waals surface area contributed by atoms with Crippen LogP contribution in [-0.4, -0.2) is 34.2 Å². The molecule has 1 amide bonds. The van der Waals surface area contributed by atoms with Gasteiger partial charge in [0.05, 0.1) is 23.4 Å². The Hall–Kier alpha value is -2.14. The summed E-state index contributed by atoms with van der Waals surface area (Å²) < 4.78 is 7.80. The number of carbonyl (C=O) groups is 1. The summed E-state index contributed by atoms with van der Waals surface area (Å²) >= 11 is 0. The maximum Gasteiger partial charge on any atom is 0.253 e. The highest BCUT2D eigenvalue weighted by atomic mass is 16.5. The van der Waals surface area contributed by atoms with Crippen LogP contribution in [0.1, 0.15) is 54.6 Å². The predicted molar refractivity (Wildman–Crippen MR) is 102 cm³/mol. The van der Waals surface area contributed by atoms with Gasteiger partial charge in [0.25, 0.3) is 5.91 Å². The Labute approximate surface area is 155 Å². The van der Waals surface area contributed by atoms with Gasteiger partial charge in [0.15, 0.2) is 0 Å². The SMILES string of the molecule is CO[C@@]1(C)C[C@@H](NC(=O)c2cc(C)n(Cc3ccccn3)c2C)C1(C)C. The first kappa shape index (κ1) is 18.6. The number of aromatic nitrogens is 2. The maximum absolute atomic E-state index is 12.9. The lowest BCUT2D eigenvalue weighted by atomic mass is 9.56. The van der Waals surface area contributed by atoms with Gasteiger partial charge in [-0.15, -0.1) is 0 Å². The van der Waals surface area contributed by atoms with E-state index in [9.17, 15) is 4.79 Å². The number of hydrogen-bond donors (Lipinski definition) is 1. The Kier molecular flexibility index (Phi) is 4.69. The van der Waals surface area contributed by atoms with Gasteiger partial charge in [-0.1, -0.05) is 19.9 Å². The second-order valence-corrected chi connectivity index (χ2v) is 8.08. The molecule has 5 heteroatoms. The molecule has 26 heavy (non-hydrogen) atoms. The minimum absolute atomic E-state index is 0.0124. The summed E-state index contributed by atoms with van der Waals surface area (Å²) in [5, 5.41) is 3.21. The number of pyridine rings is 1. The fourth-order valence-electron chi connectivity index (χ4n) is 3.89. The van der Waals surface area contributed by atoms with Crippen molar-refractivity contribution < 1.29 is 9.53 Å². The molecule has 2 atom stereocenters. The van der Waals surface area contributed by atoms with Crippen LogP contribution in [0, 0.1) is 19.3 Å². The quantitative estimate of drug-likeness (QED) is 0.893. The van der Waals surface area contributed by atoms with Crippen molar-refractivity contribution in [3.63, 3.8) is 0 Å². The molecule has 0 unspecified atom stereocenters. The van der Waals surface area contributed by atoms with Crippen LogP contribution in [0.15, 0.2) is 30.5 Å². The molecule has 1 saturated carbocycles. The molecule has 2 aromatic heterocycles. The number of ether oxygens (including phenoxy) is 1. The lowest BCUT2D eigenvalue weighted by Crippen LogP contribution is -2.68. The minimum Gasteiger partial charge on any atom is -0.378 e. The van der Waals surface area contributed by atoms with Crippen molar-refractivity contribution in [2.75, 3.05) is 7.11 Å². The highest BCUT2D eigenvalue weighted by Crippen LogP contribution is 2.51. The van der Waals surface area contributed by atoms with E-state index in [0.717, 1.165) is 29.1 Å². The molecule has 3 rings (SSSR count). The molecule has 2 aromatic rings. The zero-order chi connectivity index (χ0) is 19.1. The summed E-state index contributed by atoms with van der Waals surface area (Å²) in [5.74, 6) is -0.0124. The van der Waals surface area contributed by atoms with Crippen LogP contribution < -0.4 is 5.32 Å². The van der Waals surface area contributed by atoms with Crippen LogP contribution in [0.25, 0.3) is 0 Å². The molecule has 5 nitrogen and oxygen atoms in total. The summed E-state index contributed by atoms with van der Waals surface area (Å²) in [6.45, 7) is 11.1. The van der Waals surface area contributed by atoms with Crippen LogP contribution in [0.4, 0.5) is 0 Å². The first-order chi connectivity index (χ1) is 12.2. The van der Waals surface area contributed by atoms with Gasteiger partial charge in [0.2, 0.25) is 0 Å². The zero-order valence-electron chi connectivity index (χ0n) is 16.6. The van der Waals surface area contributed by atoms with E-state index in [-0.39, 0.29) is 23.0 Å². The van der Waals surface area contributed by atoms with Crippen molar-refractivity contribution in [3.8, 4) is 0 Å². The van der Waals surface area contributed by atoms with E-state index >= 15 is 0 Å². The van der Waals surface area contributed by atoms with E-state index in [4.69, 9.17) is 4.74 Å². The summed E-state index contributed by atoms with van der Waals surface area (Å²) in [4.78, 5) is 17.3. The minimum atomic E-state index is -0.194. The third-order valence-electron chi connectivity index (χ3n) is 6.45. The van der Waals surface area contributed by atoms with E-state index in [2.05, 4.69) is 35.6 Å².